The minimum Gasteiger partial charge on any atom is -0.450 e. The Labute approximate surface area is 170 Å². The van der Waals surface area contributed by atoms with Gasteiger partial charge in [0.15, 0.2) is 5.76 Å². The maximum Gasteiger partial charge on any atom is 0.287 e. The number of carbonyl (C=O) groups is 1. The minimum absolute atomic E-state index is 0.188. The van der Waals surface area contributed by atoms with Crippen molar-refractivity contribution in [2.24, 2.45) is 0 Å². The summed E-state index contributed by atoms with van der Waals surface area (Å²) >= 11 is 0. The monoisotopic (exact) mass is 387 g/mol. The van der Waals surface area contributed by atoms with Gasteiger partial charge in [-0.15, -0.1) is 0 Å². The molecule has 2 aromatic carbocycles. The predicted octanol–water partition coefficient (Wildman–Crippen LogP) is 4.94. The molecule has 2 heterocycles. The zero-order valence-corrected chi connectivity index (χ0v) is 16.8. The van der Waals surface area contributed by atoms with Crippen molar-refractivity contribution in [1.82, 2.24) is 10.3 Å². The highest BCUT2D eigenvalue weighted by Gasteiger charge is 2.16. The van der Waals surface area contributed by atoms with E-state index >= 15 is 0 Å². The van der Waals surface area contributed by atoms with Gasteiger partial charge in [0.05, 0.1) is 5.52 Å². The number of aryl methyl sites for hydroxylation is 1. The van der Waals surface area contributed by atoms with Crippen LogP contribution in [-0.2, 0) is 0 Å². The van der Waals surface area contributed by atoms with Crippen molar-refractivity contribution in [2.45, 2.75) is 20.3 Å². The molecule has 4 rings (SSSR count). The fourth-order valence-electron chi connectivity index (χ4n) is 3.64. The average Bonchev–Trinajstić information content (AvgIpc) is 3.21. The number of anilines is 1. The zero-order chi connectivity index (χ0) is 20.2. The third-order valence-electron chi connectivity index (χ3n) is 5.18. The maximum atomic E-state index is 12.6. The molecule has 0 saturated heterocycles. The number of carbonyl (C=O) groups excluding carboxylic acids is 1. The number of nitrogens with zero attached hydrogens (tertiary/aromatic N) is 2. The van der Waals surface area contributed by atoms with Crippen molar-refractivity contribution >= 4 is 33.5 Å². The van der Waals surface area contributed by atoms with Crippen LogP contribution in [0, 0.1) is 6.92 Å². The van der Waals surface area contributed by atoms with Gasteiger partial charge in [0.25, 0.3) is 5.91 Å². The van der Waals surface area contributed by atoms with Gasteiger partial charge in [-0.05, 0) is 50.6 Å². The molecule has 148 valence electrons. The fourth-order valence-corrected chi connectivity index (χ4v) is 3.64. The number of para-hydroxylation sites is 2. The van der Waals surface area contributed by atoms with Crippen LogP contribution in [0.5, 0.6) is 0 Å². The molecule has 4 aromatic rings. The van der Waals surface area contributed by atoms with E-state index in [1.807, 2.05) is 49.4 Å². The molecule has 0 aliphatic heterocycles. The van der Waals surface area contributed by atoms with Crippen molar-refractivity contribution in [1.29, 1.82) is 0 Å². The topological polar surface area (TPSA) is 58.4 Å². The number of benzene rings is 2. The van der Waals surface area contributed by atoms with Gasteiger partial charge in [0.1, 0.15) is 5.58 Å². The van der Waals surface area contributed by atoms with E-state index in [0.717, 1.165) is 47.1 Å². The number of hydrogen-bond acceptors (Lipinski definition) is 4. The van der Waals surface area contributed by atoms with E-state index in [4.69, 9.17) is 4.42 Å². The number of fused-ring (bicyclic) bond motifs is 3. The van der Waals surface area contributed by atoms with Crippen LogP contribution >= 0.6 is 0 Å². The molecule has 0 aliphatic carbocycles. The largest absolute Gasteiger partial charge is 0.450 e. The summed E-state index contributed by atoms with van der Waals surface area (Å²) in [6.07, 6.45) is 0.859. The minimum atomic E-state index is -0.188. The second-order valence-corrected chi connectivity index (χ2v) is 7.09. The highest BCUT2D eigenvalue weighted by Crippen LogP contribution is 2.29. The highest BCUT2D eigenvalue weighted by molar-refractivity contribution is 6.06. The lowest BCUT2D eigenvalue weighted by Gasteiger charge is -2.23. The molecule has 5 heteroatoms. The van der Waals surface area contributed by atoms with Gasteiger partial charge in [0.2, 0.25) is 0 Å². The molecule has 0 fully saturated rings. The summed E-state index contributed by atoms with van der Waals surface area (Å²) in [4.78, 5) is 19.5. The molecule has 1 amide bonds. The zero-order valence-electron chi connectivity index (χ0n) is 16.8. The summed E-state index contributed by atoms with van der Waals surface area (Å²) in [6, 6.07) is 19.9. The molecular formula is C24H25N3O2. The Balaban J connectivity index is 1.42. The summed E-state index contributed by atoms with van der Waals surface area (Å²) in [6.45, 7) is 6.49. The number of pyridine rings is 1. The first-order chi connectivity index (χ1) is 14.2. The molecule has 5 nitrogen and oxygen atoms in total. The third kappa shape index (κ3) is 3.94. The van der Waals surface area contributed by atoms with Crippen molar-refractivity contribution in [3.63, 3.8) is 0 Å². The summed E-state index contributed by atoms with van der Waals surface area (Å²) in [5, 5.41) is 4.79. The van der Waals surface area contributed by atoms with Crippen LogP contribution in [0.2, 0.25) is 0 Å². The first-order valence-corrected chi connectivity index (χ1v) is 10.0. The molecule has 0 spiro atoms. The number of rotatable bonds is 7. The molecule has 0 bridgehead atoms. The van der Waals surface area contributed by atoms with Crippen LogP contribution in [0.25, 0.3) is 21.9 Å². The molecule has 2 aromatic heterocycles. The van der Waals surface area contributed by atoms with Gasteiger partial charge in [-0.1, -0.05) is 30.3 Å². The lowest BCUT2D eigenvalue weighted by molar-refractivity contribution is 0.0928. The number of amides is 1. The quantitative estimate of drug-likeness (QED) is 0.457. The summed E-state index contributed by atoms with van der Waals surface area (Å²) in [5.41, 5.74) is 3.66. The molecule has 0 radical (unpaired) electrons. The van der Waals surface area contributed by atoms with Crippen LogP contribution in [0.4, 0.5) is 5.69 Å². The van der Waals surface area contributed by atoms with Crippen molar-refractivity contribution < 1.29 is 9.21 Å². The Bertz CT molecular complexity index is 1140. The molecule has 0 aliphatic rings. The van der Waals surface area contributed by atoms with Crippen molar-refractivity contribution in [3.05, 3.63) is 72.1 Å². The Morgan fingerprint density at radius 2 is 1.83 bits per heavy atom. The van der Waals surface area contributed by atoms with Crippen LogP contribution in [-0.4, -0.2) is 30.5 Å². The third-order valence-corrected chi connectivity index (χ3v) is 5.18. The van der Waals surface area contributed by atoms with Gasteiger partial charge in [-0.2, -0.15) is 0 Å². The van der Waals surface area contributed by atoms with Crippen LogP contribution in [0.1, 0.15) is 29.6 Å². The Morgan fingerprint density at radius 3 is 2.62 bits per heavy atom. The number of hydrogen-bond donors (Lipinski definition) is 1. The SMILES string of the molecule is CCN(CCCNC(=O)c1cc2c(C)nc3ccccc3c2o1)c1ccccc1. The summed E-state index contributed by atoms with van der Waals surface area (Å²) < 4.78 is 5.93. The highest BCUT2D eigenvalue weighted by atomic mass is 16.3. The van der Waals surface area contributed by atoms with E-state index in [9.17, 15) is 4.79 Å². The molecule has 29 heavy (non-hydrogen) atoms. The smallest absolute Gasteiger partial charge is 0.287 e. The van der Waals surface area contributed by atoms with Gasteiger partial charge in [0, 0.05) is 41.8 Å². The van der Waals surface area contributed by atoms with Crippen LogP contribution < -0.4 is 10.2 Å². The van der Waals surface area contributed by atoms with Gasteiger partial charge >= 0.3 is 0 Å². The average molecular weight is 387 g/mol. The second kappa shape index (κ2) is 8.35. The summed E-state index contributed by atoms with van der Waals surface area (Å²) in [5.74, 6) is 0.143. The van der Waals surface area contributed by atoms with Crippen molar-refractivity contribution in [3.8, 4) is 0 Å². The molecule has 1 N–H and O–H groups in total. The van der Waals surface area contributed by atoms with E-state index < -0.39 is 0 Å². The lowest BCUT2D eigenvalue weighted by atomic mass is 10.1. The van der Waals surface area contributed by atoms with Gasteiger partial charge in [-0.3, -0.25) is 9.78 Å². The Morgan fingerprint density at radius 1 is 1.07 bits per heavy atom. The molecule has 0 saturated carbocycles. The maximum absolute atomic E-state index is 12.6. The van der Waals surface area contributed by atoms with Crippen molar-refractivity contribution in [2.75, 3.05) is 24.5 Å². The Kier molecular flexibility index (Phi) is 5.47. The first kappa shape index (κ1) is 19.0. The van der Waals surface area contributed by atoms with Crippen LogP contribution in [0.3, 0.4) is 0 Å². The van der Waals surface area contributed by atoms with E-state index in [0.29, 0.717) is 12.3 Å². The Hall–Kier alpha value is -3.34. The van der Waals surface area contributed by atoms with E-state index in [1.165, 1.54) is 5.69 Å². The molecule has 0 atom stereocenters. The van der Waals surface area contributed by atoms with E-state index in [-0.39, 0.29) is 5.91 Å². The predicted molar refractivity (Wildman–Crippen MR) is 118 cm³/mol. The first-order valence-electron chi connectivity index (χ1n) is 10.0. The number of furan rings is 1. The van der Waals surface area contributed by atoms with E-state index in [1.54, 1.807) is 6.07 Å². The summed E-state index contributed by atoms with van der Waals surface area (Å²) in [7, 11) is 0. The normalized spacial score (nSPS) is 11.1. The fraction of sp³-hybridized carbons (Fsp3) is 0.250. The second-order valence-electron chi connectivity index (χ2n) is 7.09. The molecule has 0 unspecified atom stereocenters. The lowest BCUT2D eigenvalue weighted by Crippen LogP contribution is -2.29. The molecular weight excluding hydrogens is 362 g/mol. The van der Waals surface area contributed by atoms with E-state index in [2.05, 4.69) is 34.3 Å². The van der Waals surface area contributed by atoms with Gasteiger partial charge < -0.3 is 14.6 Å². The number of aromatic nitrogens is 1. The van der Waals surface area contributed by atoms with Gasteiger partial charge in [-0.25, -0.2) is 0 Å². The standard InChI is InChI=1S/C24H25N3O2/c1-3-27(18-10-5-4-6-11-18)15-9-14-25-24(28)22-16-20-17(2)26-21-13-8-7-12-19(21)23(20)29-22/h4-8,10-13,16H,3,9,14-15H2,1-2H3,(H,25,28). The number of nitrogens with one attached hydrogen (secondary N) is 1. The van der Waals surface area contributed by atoms with Crippen LogP contribution in [0.15, 0.2) is 65.1 Å².